The van der Waals surface area contributed by atoms with Crippen molar-refractivity contribution in [2.45, 2.75) is 13.3 Å². The summed E-state index contributed by atoms with van der Waals surface area (Å²) in [5.74, 6) is 1.27. The van der Waals surface area contributed by atoms with Gasteiger partial charge in [-0.2, -0.15) is 0 Å². The molecule has 0 bridgehead atoms. The van der Waals surface area contributed by atoms with Crippen molar-refractivity contribution in [2.75, 3.05) is 5.88 Å². The minimum absolute atomic E-state index is 0.547. The van der Waals surface area contributed by atoms with E-state index in [1.807, 2.05) is 6.07 Å². The van der Waals surface area contributed by atoms with Crippen LogP contribution in [0.2, 0.25) is 0 Å². The molecule has 0 aromatic heterocycles. The first-order valence-corrected chi connectivity index (χ1v) is 5.36. The summed E-state index contributed by atoms with van der Waals surface area (Å²) >= 11 is 9.25. The zero-order chi connectivity index (χ0) is 8.97. The minimum Gasteiger partial charge on any atom is -0.126 e. The van der Waals surface area contributed by atoms with Crippen molar-refractivity contribution in [3.63, 3.8) is 0 Å². The van der Waals surface area contributed by atoms with Crippen LogP contribution in [0.3, 0.4) is 0 Å². The summed E-state index contributed by atoms with van der Waals surface area (Å²) < 4.78 is 1.18. The van der Waals surface area contributed by atoms with Gasteiger partial charge in [0.2, 0.25) is 0 Å². The van der Waals surface area contributed by atoms with E-state index < -0.39 is 0 Å². The van der Waals surface area contributed by atoms with Gasteiger partial charge in [-0.3, -0.25) is 0 Å². The molecule has 0 spiro atoms. The molecule has 0 saturated carbocycles. The summed E-state index contributed by atoms with van der Waals surface area (Å²) in [6, 6.07) is 8.28. The number of hydrogen-bond acceptors (Lipinski definition) is 0. The van der Waals surface area contributed by atoms with E-state index in [-0.39, 0.29) is 0 Å². The third kappa shape index (κ3) is 2.80. The topological polar surface area (TPSA) is 0 Å². The lowest BCUT2D eigenvalue weighted by Gasteiger charge is -2.08. The van der Waals surface area contributed by atoms with Crippen LogP contribution in [0.4, 0.5) is 0 Å². The van der Waals surface area contributed by atoms with Gasteiger partial charge in [-0.05, 0) is 24.0 Å². The van der Waals surface area contributed by atoms with Crippen molar-refractivity contribution < 1.29 is 0 Å². The first-order valence-electron chi connectivity index (χ1n) is 4.03. The van der Waals surface area contributed by atoms with Crippen molar-refractivity contribution in [3.8, 4) is 0 Å². The second kappa shape index (κ2) is 4.88. The maximum Gasteiger partial charge on any atom is 0.0252 e. The number of alkyl halides is 1. The van der Waals surface area contributed by atoms with E-state index in [0.29, 0.717) is 5.92 Å². The van der Waals surface area contributed by atoms with E-state index in [2.05, 4.69) is 41.1 Å². The Labute approximate surface area is 87.1 Å². The molecule has 1 aromatic carbocycles. The Balaban J connectivity index is 2.69. The van der Waals surface area contributed by atoms with Crippen molar-refractivity contribution in [1.29, 1.82) is 0 Å². The summed E-state index contributed by atoms with van der Waals surface area (Å²) in [4.78, 5) is 0. The Morgan fingerprint density at radius 2 is 2.08 bits per heavy atom. The highest BCUT2D eigenvalue weighted by Gasteiger charge is 2.03. The molecule has 66 valence electrons. The normalized spacial score (nSPS) is 12.9. The highest BCUT2D eigenvalue weighted by molar-refractivity contribution is 9.10. The third-order valence-electron chi connectivity index (χ3n) is 1.79. The van der Waals surface area contributed by atoms with Crippen LogP contribution < -0.4 is 0 Å². The molecule has 1 atom stereocenters. The van der Waals surface area contributed by atoms with E-state index in [4.69, 9.17) is 11.6 Å². The van der Waals surface area contributed by atoms with Crippen LogP contribution in [0.5, 0.6) is 0 Å². The average molecular weight is 248 g/mol. The van der Waals surface area contributed by atoms with E-state index in [1.165, 1.54) is 10.0 Å². The predicted octanol–water partition coefficient (Wildman–Crippen LogP) is 3.87. The molecule has 1 aromatic rings. The van der Waals surface area contributed by atoms with Crippen LogP contribution in [-0.4, -0.2) is 5.88 Å². The highest BCUT2D eigenvalue weighted by atomic mass is 79.9. The first-order chi connectivity index (χ1) is 5.74. The lowest BCUT2D eigenvalue weighted by molar-refractivity contribution is 0.653. The molecular weight excluding hydrogens is 235 g/mol. The predicted molar refractivity (Wildman–Crippen MR) is 57.7 cm³/mol. The lowest BCUT2D eigenvalue weighted by Crippen LogP contribution is -2.01. The number of rotatable bonds is 3. The fraction of sp³-hybridized carbons (Fsp3) is 0.400. The Hall–Kier alpha value is -0.0100. The summed E-state index contributed by atoms with van der Waals surface area (Å²) in [7, 11) is 0. The molecule has 0 amide bonds. The molecule has 0 N–H and O–H groups in total. The molecule has 1 rings (SSSR count). The van der Waals surface area contributed by atoms with Gasteiger partial charge >= 0.3 is 0 Å². The van der Waals surface area contributed by atoms with Crippen molar-refractivity contribution in [3.05, 3.63) is 34.3 Å². The Morgan fingerprint density at radius 1 is 1.42 bits per heavy atom. The average Bonchev–Trinajstić information content (AvgIpc) is 2.09. The lowest BCUT2D eigenvalue weighted by atomic mass is 10.0. The molecule has 0 nitrogen and oxygen atoms in total. The molecular formula is C10H12BrCl. The van der Waals surface area contributed by atoms with Gasteiger partial charge in [0, 0.05) is 10.4 Å². The van der Waals surface area contributed by atoms with Crippen LogP contribution >= 0.6 is 27.5 Å². The summed E-state index contributed by atoms with van der Waals surface area (Å²) in [5, 5.41) is 0. The van der Waals surface area contributed by atoms with Gasteiger partial charge in [0.1, 0.15) is 0 Å². The molecule has 0 radical (unpaired) electrons. The van der Waals surface area contributed by atoms with Crippen LogP contribution in [0.15, 0.2) is 28.7 Å². The van der Waals surface area contributed by atoms with Crippen molar-refractivity contribution >= 4 is 27.5 Å². The van der Waals surface area contributed by atoms with Crippen LogP contribution in [0.1, 0.15) is 12.5 Å². The highest BCUT2D eigenvalue weighted by Crippen LogP contribution is 2.19. The van der Waals surface area contributed by atoms with Gasteiger partial charge in [-0.1, -0.05) is 41.1 Å². The Bertz CT molecular complexity index is 247. The van der Waals surface area contributed by atoms with Crippen LogP contribution in [-0.2, 0) is 6.42 Å². The zero-order valence-corrected chi connectivity index (χ0v) is 9.40. The van der Waals surface area contributed by atoms with E-state index in [1.54, 1.807) is 0 Å². The van der Waals surface area contributed by atoms with Gasteiger partial charge in [0.25, 0.3) is 0 Å². The molecule has 0 aliphatic carbocycles. The Kier molecular flexibility index (Phi) is 4.10. The maximum atomic E-state index is 5.74. The van der Waals surface area contributed by atoms with E-state index >= 15 is 0 Å². The molecule has 0 fully saturated rings. The van der Waals surface area contributed by atoms with Crippen molar-refractivity contribution in [1.82, 2.24) is 0 Å². The maximum absolute atomic E-state index is 5.74. The molecule has 0 aliphatic rings. The smallest absolute Gasteiger partial charge is 0.0252 e. The van der Waals surface area contributed by atoms with Gasteiger partial charge < -0.3 is 0 Å². The molecule has 12 heavy (non-hydrogen) atoms. The molecule has 2 heteroatoms. The standard InChI is InChI=1S/C10H12BrCl/c1-8(7-12)6-9-4-2-3-5-10(9)11/h2-5,8H,6-7H2,1H3. The summed E-state index contributed by atoms with van der Waals surface area (Å²) in [5.41, 5.74) is 1.34. The fourth-order valence-electron chi connectivity index (χ4n) is 1.09. The van der Waals surface area contributed by atoms with Gasteiger partial charge in [-0.25, -0.2) is 0 Å². The molecule has 0 aliphatic heterocycles. The van der Waals surface area contributed by atoms with Gasteiger partial charge in [0.05, 0.1) is 0 Å². The number of benzene rings is 1. The molecule has 1 unspecified atom stereocenters. The van der Waals surface area contributed by atoms with Gasteiger partial charge in [-0.15, -0.1) is 11.6 Å². The fourth-order valence-corrected chi connectivity index (χ4v) is 1.65. The minimum atomic E-state index is 0.547. The SMILES string of the molecule is CC(CCl)Cc1ccccc1Br. The second-order valence-corrected chi connectivity index (χ2v) is 4.22. The van der Waals surface area contributed by atoms with Crippen molar-refractivity contribution in [2.24, 2.45) is 5.92 Å². The summed E-state index contributed by atoms with van der Waals surface area (Å²) in [6.45, 7) is 2.16. The van der Waals surface area contributed by atoms with E-state index in [9.17, 15) is 0 Å². The molecule has 0 saturated heterocycles. The zero-order valence-electron chi connectivity index (χ0n) is 7.06. The largest absolute Gasteiger partial charge is 0.126 e. The summed E-state index contributed by atoms with van der Waals surface area (Å²) in [6.07, 6.45) is 1.05. The third-order valence-corrected chi connectivity index (χ3v) is 3.09. The first kappa shape index (κ1) is 10.1. The van der Waals surface area contributed by atoms with Crippen LogP contribution in [0.25, 0.3) is 0 Å². The number of halogens is 2. The van der Waals surface area contributed by atoms with Crippen LogP contribution in [0, 0.1) is 5.92 Å². The quantitative estimate of drug-likeness (QED) is 0.712. The Morgan fingerprint density at radius 3 is 2.67 bits per heavy atom. The van der Waals surface area contributed by atoms with Gasteiger partial charge in [0.15, 0.2) is 0 Å². The second-order valence-electron chi connectivity index (χ2n) is 3.06. The number of hydrogen-bond donors (Lipinski definition) is 0. The monoisotopic (exact) mass is 246 g/mol. The van der Waals surface area contributed by atoms with E-state index in [0.717, 1.165) is 12.3 Å². The molecule has 0 heterocycles.